The van der Waals surface area contributed by atoms with Gasteiger partial charge in [-0.1, -0.05) is 6.92 Å². The van der Waals surface area contributed by atoms with E-state index in [-0.39, 0.29) is 0 Å². The quantitative estimate of drug-likeness (QED) is 0.761. The second kappa shape index (κ2) is 3.42. The van der Waals surface area contributed by atoms with E-state index in [9.17, 15) is 0 Å². The molecule has 0 amide bonds. The summed E-state index contributed by atoms with van der Waals surface area (Å²) in [6.07, 6.45) is 3.71. The fourth-order valence-electron chi connectivity index (χ4n) is 2.55. The van der Waals surface area contributed by atoms with Crippen LogP contribution in [0.4, 0.5) is 5.95 Å². The molecule has 0 saturated carbocycles. The van der Waals surface area contributed by atoms with Crippen molar-refractivity contribution in [2.24, 2.45) is 0 Å². The molecular weight excluding hydrogens is 218 g/mol. The maximum absolute atomic E-state index is 5.73. The summed E-state index contributed by atoms with van der Waals surface area (Å²) < 4.78 is 1.23. The third-order valence-corrected chi connectivity index (χ3v) is 4.92. The number of nitrogens with two attached hydrogens (primary N) is 1. The predicted octanol–water partition coefficient (Wildman–Crippen LogP) is 3.02. The Labute approximate surface area is 98.7 Å². The van der Waals surface area contributed by atoms with Gasteiger partial charge in [0.05, 0.1) is 15.9 Å². The molecule has 2 aromatic heterocycles. The molecule has 1 aliphatic rings. The molecule has 2 N–H and O–H groups in total. The number of hydrogen-bond donors (Lipinski definition) is 1. The van der Waals surface area contributed by atoms with E-state index >= 15 is 0 Å². The Morgan fingerprint density at radius 1 is 1.38 bits per heavy atom. The van der Waals surface area contributed by atoms with Crippen LogP contribution in [0.5, 0.6) is 0 Å². The molecule has 2 aromatic rings. The zero-order valence-corrected chi connectivity index (χ0v) is 10.4. The van der Waals surface area contributed by atoms with Crippen molar-refractivity contribution in [3.63, 3.8) is 0 Å². The van der Waals surface area contributed by atoms with Gasteiger partial charge in [0.1, 0.15) is 0 Å². The summed E-state index contributed by atoms with van der Waals surface area (Å²) in [6.45, 7) is 4.33. The van der Waals surface area contributed by atoms with Crippen LogP contribution >= 0.6 is 11.3 Å². The van der Waals surface area contributed by atoms with Gasteiger partial charge in [0, 0.05) is 4.88 Å². The third-order valence-electron chi connectivity index (χ3n) is 3.36. The SMILES string of the molecule is Cc1nc(N)nc2c3c(sc12)C(C)CCC3. The molecule has 1 aliphatic carbocycles. The fourth-order valence-corrected chi connectivity index (χ4v) is 3.87. The van der Waals surface area contributed by atoms with Crippen molar-refractivity contribution >= 4 is 27.5 Å². The number of rotatable bonds is 0. The summed E-state index contributed by atoms with van der Waals surface area (Å²) in [6, 6.07) is 0. The first-order valence-corrected chi connectivity index (χ1v) is 6.54. The molecule has 0 aromatic carbocycles. The first-order valence-electron chi connectivity index (χ1n) is 5.72. The minimum Gasteiger partial charge on any atom is -0.368 e. The highest BCUT2D eigenvalue weighted by molar-refractivity contribution is 7.19. The summed E-state index contributed by atoms with van der Waals surface area (Å²) in [4.78, 5) is 10.2. The van der Waals surface area contributed by atoms with Crippen LogP contribution in [0.1, 0.15) is 41.8 Å². The van der Waals surface area contributed by atoms with Gasteiger partial charge in [0.15, 0.2) is 0 Å². The van der Waals surface area contributed by atoms with Gasteiger partial charge in [-0.25, -0.2) is 9.97 Å². The van der Waals surface area contributed by atoms with Crippen molar-refractivity contribution in [1.82, 2.24) is 9.97 Å². The van der Waals surface area contributed by atoms with Gasteiger partial charge >= 0.3 is 0 Å². The molecule has 16 heavy (non-hydrogen) atoms. The molecule has 2 heterocycles. The standard InChI is InChI=1S/C12H15N3S/c1-6-4-3-5-8-9-11(16-10(6)8)7(2)14-12(13)15-9/h6H,3-5H2,1-2H3,(H2,13,14,15). The van der Waals surface area contributed by atoms with Crippen LogP contribution in [0.2, 0.25) is 0 Å². The number of nitrogen functional groups attached to an aromatic ring is 1. The van der Waals surface area contributed by atoms with Crippen LogP contribution in [0, 0.1) is 6.92 Å². The Morgan fingerprint density at radius 2 is 2.19 bits per heavy atom. The van der Waals surface area contributed by atoms with Crippen LogP contribution < -0.4 is 5.73 Å². The first-order chi connectivity index (χ1) is 7.66. The summed E-state index contributed by atoms with van der Waals surface area (Å²) in [7, 11) is 0. The number of hydrogen-bond acceptors (Lipinski definition) is 4. The van der Waals surface area contributed by atoms with Crippen LogP contribution in [0.25, 0.3) is 10.2 Å². The highest BCUT2D eigenvalue weighted by Crippen LogP contribution is 2.42. The van der Waals surface area contributed by atoms with Crippen molar-refractivity contribution < 1.29 is 0 Å². The number of aromatic nitrogens is 2. The van der Waals surface area contributed by atoms with Gasteiger partial charge in [-0.2, -0.15) is 0 Å². The van der Waals surface area contributed by atoms with Gasteiger partial charge in [0.25, 0.3) is 0 Å². The van der Waals surface area contributed by atoms with Crippen LogP contribution in [-0.4, -0.2) is 9.97 Å². The van der Waals surface area contributed by atoms with Gasteiger partial charge in [-0.05, 0) is 37.7 Å². The average molecular weight is 233 g/mol. The zero-order chi connectivity index (χ0) is 11.3. The normalized spacial score (nSPS) is 20.0. The molecule has 0 bridgehead atoms. The average Bonchev–Trinajstić information content (AvgIpc) is 2.59. The second-order valence-corrected chi connectivity index (χ2v) is 5.64. The fraction of sp³-hybridized carbons (Fsp3) is 0.500. The van der Waals surface area contributed by atoms with Crippen LogP contribution in [0.3, 0.4) is 0 Å². The van der Waals surface area contributed by atoms with Crippen molar-refractivity contribution in [3.05, 3.63) is 16.1 Å². The van der Waals surface area contributed by atoms with Crippen LogP contribution in [0.15, 0.2) is 0 Å². The Bertz CT molecular complexity index is 559. The highest BCUT2D eigenvalue weighted by Gasteiger charge is 2.23. The number of anilines is 1. The third kappa shape index (κ3) is 1.33. The Morgan fingerprint density at radius 3 is 3.00 bits per heavy atom. The zero-order valence-electron chi connectivity index (χ0n) is 9.58. The Hall–Kier alpha value is -1.16. The molecule has 0 fully saturated rings. The largest absolute Gasteiger partial charge is 0.368 e. The molecule has 4 heteroatoms. The predicted molar refractivity (Wildman–Crippen MR) is 67.9 cm³/mol. The van der Waals surface area contributed by atoms with E-state index in [1.54, 1.807) is 0 Å². The lowest BCUT2D eigenvalue weighted by molar-refractivity contribution is 0.603. The molecule has 0 spiro atoms. The molecule has 0 radical (unpaired) electrons. The topological polar surface area (TPSA) is 51.8 Å². The second-order valence-electron chi connectivity index (χ2n) is 4.58. The van der Waals surface area contributed by atoms with E-state index < -0.39 is 0 Å². The van der Waals surface area contributed by atoms with Crippen molar-refractivity contribution in [2.45, 2.75) is 39.0 Å². The van der Waals surface area contributed by atoms with E-state index in [4.69, 9.17) is 5.73 Å². The summed E-state index contributed by atoms with van der Waals surface area (Å²) in [5, 5.41) is 0. The monoisotopic (exact) mass is 233 g/mol. The minimum absolute atomic E-state index is 0.406. The molecule has 0 aliphatic heterocycles. The highest BCUT2D eigenvalue weighted by atomic mass is 32.1. The van der Waals surface area contributed by atoms with Gasteiger partial charge in [-0.3, -0.25) is 0 Å². The van der Waals surface area contributed by atoms with E-state index in [0.29, 0.717) is 11.9 Å². The van der Waals surface area contributed by atoms with Crippen molar-refractivity contribution in [3.8, 4) is 0 Å². The van der Waals surface area contributed by atoms with E-state index in [0.717, 1.165) is 17.6 Å². The number of aryl methyl sites for hydroxylation is 2. The summed E-state index contributed by atoms with van der Waals surface area (Å²) >= 11 is 1.86. The summed E-state index contributed by atoms with van der Waals surface area (Å²) in [5.74, 6) is 1.08. The van der Waals surface area contributed by atoms with Gasteiger partial charge in [0.2, 0.25) is 5.95 Å². The molecule has 1 unspecified atom stereocenters. The number of thiophene rings is 1. The molecular formula is C12H15N3S. The summed E-state index contributed by atoms with van der Waals surface area (Å²) in [5.41, 5.74) is 9.29. The van der Waals surface area contributed by atoms with Crippen molar-refractivity contribution in [2.75, 3.05) is 5.73 Å². The molecule has 1 atom stereocenters. The molecule has 84 valence electrons. The Kier molecular flexibility index (Phi) is 2.14. The van der Waals surface area contributed by atoms with E-state index in [1.807, 2.05) is 18.3 Å². The van der Waals surface area contributed by atoms with Gasteiger partial charge < -0.3 is 5.73 Å². The molecule has 3 nitrogen and oxygen atoms in total. The van der Waals surface area contributed by atoms with E-state index in [2.05, 4.69) is 16.9 Å². The van der Waals surface area contributed by atoms with Crippen molar-refractivity contribution in [1.29, 1.82) is 0 Å². The number of fused-ring (bicyclic) bond motifs is 3. The lowest BCUT2D eigenvalue weighted by Crippen LogP contribution is -2.04. The Balaban J connectivity index is 2.36. The van der Waals surface area contributed by atoms with Gasteiger partial charge in [-0.15, -0.1) is 11.3 Å². The minimum atomic E-state index is 0.406. The smallest absolute Gasteiger partial charge is 0.220 e. The molecule has 0 saturated heterocycles. The molecule has 3 rings (SSSR count). The maximum Gasteiger partial charge on any atom is 0.220 e. The van der Waals surface area contributed by atoms with E-state index in [1.165, 1.54) is 28.0 Å². The first kappa shape index (κ1) is 10.0. The maximum atomic E-state index is 5.73. The van der Waals surface area contributed by atoms with Crippen LogP contribution in [-0.2, 0) is 6.42 Å². The lowest BCUT2D eigenvalue weighted by Gasteiger charge is -2.17. The number of nitrogens with zero attached hydrogens (tertiary/aromatic N) is 2. The lowest BCUT2D eigenvalue weighted by atomic mass is 9.90.